The molecule has 204 valence electrons. The van der Waals surface area contributed by atoms with Crippen molar-refractivity contribution in [2.75, 3.05) is 11.1 Å². The number of nitrogens with zero attached hydrogens (tertiary/aromatic N) is 3. The predicted molar refractivity (Wildman–Crippen MR) is 151 cm³/mol. The highest BCUT2D eigenvalue weighted by molar-refractivity contribution is 7.99. The molecule has 38 heavy (non-hydrogen) atoms. The van der Waals surface area contributed by atoms with Crippen LogP contribution in [0.15, 0.2) is 29.4 Å². The first-order chi connectivity index (χ1) is 18.3. The van der Waals surface area contributed by atoms with Crippen LogP contribution < -0.4 is 10.1 Å². The van der Waals surface area contributed by atoms with E-state index in [4.69, 9.17) is 9.47 Å². The summed E-state index contributed by atoms with van der Waals surface area (Å²) in [6.07, 6.45) is 3.68. The summed E-state index contributed by atoms with van der Waals surface area (Å²) in [6, 6.07) is 8.08. The smallest absolute Gasteiger partial charge is 0.341 e. The molecule has 8 nitrogen and oxygen atoms in total. The fourth-order valence-corrected chi connectivity index (χ4v) is 6.50. The topological polar surface area (TPSA) is 95.3 Å². The van der Waals surface area contributed by atoms with Crippen molar-refractivity contribution in [1.82, 2.24) is 14.8 Å². The van der Waals surface area contributed by atoms with Crippen molar-refractivity contribution < 1.29 is 19.1 Å². The SMILES string of the molecule is CCn1c(COc2ccc(C(C)C)cc2)nnc1SCC(=O)Nc1sc2c(c1C(=O)OC(C)C)CCCC2. The number of amides is 1. The van der Waals surface area contributed by atoms with Crippen LogP contribution in [0.25, 0.3) is 0 Å². The number of rotatable bonds is 11. The zero-order chi connectivity index (χ0) is 27.2. The number of esters is 1. The summed E-state index contributed by atoms with van der Waals surface area (Å²) in [7, 11) is 0. The molecule has 1 aliphatic carbocycles. The largest absolute Gasteiger partial charge is 0.486 e. The monoisotopic (exact) mass is 556 g/mol. The highest BCUT2D eigenvalue weighted by Crippen LogP contribution is 2.39. The predicted octanol–water partition coefficient (Wildman–Crippen LogP) is 6.24. The number of aryl methyl sites for hydroxylation is 1. The molecule has 3 aromatic rings. The number of thiophene rings is 1. The van der Waals surface area contributed by atoms with Crippen LogP contribution in [0.4, 0.5) is 5.00 Å². The van der Waals surface area contributed by atoms with Crippen LogP contribution in [0.1, 0.15) is 85.6 Å². The minimum atomic E-state index is -0.364. The van der Waals surface area contributed by atoms with E-state index < -0.39 is 0 Å². The number of nitrogens with one attached hydrogen (secondary N) is 1. The lowest BCUT2D eigenvalue weighted by Gasteiger charge is -2.14. The van der Waals surface area contributed by atoms with Gasteiger partial charge in [0.15, 0.2) is 11.0 Å². The Bertz CT molecular complexity index is 1260. The zero-order valence-electron chi connectivity index (χ0n) is 22.7. The molecule has 0 spiro atoms. The third-order valence-corrected chi connectivity index (χ3v) is 8.50. The van der Waals surface area contributed by atoms with E-state index >= 15 is 0 Å². The van der Waals surface area contributed by atoms with Gasteiger partial charge in [0.1, 0.15) is 17.4 Å². The van der Waals surface area contributed by atoms with E-state index in [0.29, 0.717) is 34.0 Å². The zero-order valence-corrected chi connectivity index (χ0v) is 24.3. The number of fused-ring (bicyclic) bond motifs is 1. The van der Waals surface area contributed by atoms with Crippen molar-refractivity contribution in [1.29, 1.82) is 0 Å². The molecule has 2 aromatic heterocycles. The Morgan fingerprint density at radius 1 is 1.11 bits per heavy atom. The van der Waals surface area contributed by atoms with Crippen LogP contribution >= 0.6 is 23.1 Å². The normalized spacial score (nSPS) is 13.0. The molecule has 1 N–H and O–H groups in total. The van der Waals surface area contributed by atoms with E-state index in [1.165, 1.54) is 33.5 Å². The number of ether oxygens (including phenoxy) is 2. The fourth-order valence-electron chi connectivity index (χ4n) is 4.38. The maximum atomic E-state index is 12.9. The Hall–Kier alpha value is -2.85. The Morgan fingerprint density at radius 2 is 1.84 bits per heavy atom. The second-order valence-electron chi connectivity index (χ2n) is 9.86. The summed E-state index contributed by atoms with van der Waals surface area (Å²) in [5, 5.41) is 12.8. The van der Waals surface area contributed by atoms with E-state index in [-0.39, 0.29) is 30.3 Å². The van der Waals surface area contributed by atoms with Crippen molar-refractivity contribution in [2.24, 2.45) is 0 Å². The highest BCUT2D eigenvalue weighted by Gasteiger charge is 2.28. The molecular formula is C28H36N4O4S2. The maximum Gasteiger partial charge on any atom is 0.341 e. The van der Waals surface area contributed by atoms with Gasteiger partial charge in [-0.3, -0.25) is 4.79 Å². The second-order valence-corrected chi connectivity index (χ2v) is 11.9. The van der Waals surface area contributed by atoms with E-state index in [2.05, 4.69) is 41.5 Å². The van der Waals surface area contributed by atoms with E-state index in [1.54, 1.807) is 0 Å². The molecule has 0 saturated heterocycles. The van der Waals surface area contributed by atoms with Gasteiger partial charge in [0.2, 0.25) is 5.91 Å². The number of carbonyl (C=O) groups is 2. The van der Waals surface area contributed by atoms with Crippen LogP contribution in [-0.2, 0) is 35.5 Å². The Kier molecular flexibility index (Phi) is 9.49. The molecule has 1 aliphatic rings. The molecule has 10 heteroatoms. The van der Waals surface area contributed by atoms with Crippen LogP contribution in [0, 0.1) is 0 Å². The van der Waals surface area contributed by atoms with Gasteiger partial charge < -0.3 is 19.4 Å². The average molecular weight is 557 g/mol. The molecule has 0 unspecified atom stereocenters. The summed E-state index contributed by atoms with van der Waals surface area (Å²) < 4.78 is 13.4. The van der Waals surface area contributed by atoms with Crippen LogP contribution in [0.5, 0.6) is 5.75 Å². The second kappa shape index (κ2) is 12.8. The first-order valence-electron chi connectivity index (χ1n) is 13.2. The fraction of sp³-hybridized carbons (Fsp3) is 0.500. The number of carbonyl (C=O) groups excluding carboxylic acids is 2. The molecule has 0 aliphatic heterocycles. The quantitative estimate of drug-likeness (QED) is 0.221. The summed E-state index contributed by atoms with van der Waals surface area (Å²) in [6.45, 7) is 10.9. The Balaban J connectivity index is 1.39. The average Bonchev–Trinajstić information content (AvgIpc) is 3.46. The van der Waals surface area contributed by atoms with Crippen LogP contribution in [-0.4, -0.2) is 38.5 Å². The molecular weight excluding hydrogens is 520 g/mol. The summed E-state index contributed by atoms with van der Waals surface area (Å²) in [5.74, 6) is 1.54. The van der Waals surface area contributed by atoms with Crippen molar-refractivity contribution in [3.8, 4) is 5.75 Å². The minimum Gasteiger partial charge on any atom is -0.486 e. The molecule has 0 fully saturated rings. The lowest BCUT2D eigenvalue weighted by atomic mass is 9.95. The number of hydrogen-bond donors (Lipinski definition) is 1. The number of benzene rings is 1. The van der Waals surface area contributed by atoms with Gasteiger partial charge in [-0.2, -0.15) is 0 Å². The van der Waals surface area contributed by atoms with E-state index in [9.17, 15) is 9.59 Å². The lowest BCUT2D eigenvalue weighted by Crippen LogP contribution is -2.19. The summed E-state index contributed by atoms with van der Waals surface area (Å²) in [4.78, 5) is 27.0. The van der Waals surface area contributed by atoms with Gasteiger partial charge in [-0.1, -0.05) is 37.7 Å². The van der Waals surface area contributed by atoms with E-state index in [0.717, 1.165) is 37.0 Å². The minimum absolute atomic E-state index is 0.150. The van der Waals surface area contributed by atoms with Crippen molar-refractivity contribution in [3.05, 3.63) is 51.7 Å². The molecule has 0 bridgehead atoms. The third-order valence-electron chi connectivity index (χ3n) is 6.33. The van der Waals surface area contributed by atoms with E-state index in [1.807, 2.05) is 37.5 Å². The van der Waals surface area contributed by atoms with Crippen LogP contribution in [0.2, 0.25) is 0 Å². The third kappa shape index (κ3) is 6.77. The highest BCUT2D eigenvalue weighted by atomic mass is 32.2. The molecule has 0 saturated carbocycles. The Labute approximate surface area is 232 Å². The van der Waals surface area contributed by atoms with Gasteiger partial charge in [-0.15, -0.1) is 21.5 Å². The van der Waals surface area contributed by atoms with Gasteiger partial charge in [-0.05, 0) is 75.6 Å². The van der Waals surface area contributed by atoms with Gasteiger partial charge in [0, 0.05) is 11.4 Å². The number of anilines is 1. The van der Waals surface area contributed by atoms with Gasteiger partial charge in [-0.25, -0.2) is 4.79 Å². The van der Waals surface area contributed by atoms with Gasteiger partial charge in [0.25, 0.3) is 0 Å². The van der Waals surface area contributed by atoms with Gasteiger partial charge >= 0.3 is 5.97 Å². The van der Waals surface area contributed by atoms with Gasteiger partial charge in [0.05, 0.1) is 17.4 Å². The molecule has 0 atom stereocenters. The number of thioether (sulfide) groups is 1. The maximum absolute atomic E-state index is 12.9. The summed E-state index contributed by atoms with van der Waals surface area (Å²) in [5.41, 5.74) is 2.82. The van der Waals surface area contributed by atoms with Crippen molar-refractivity contribution >= 4 is 40.0 Å². The van der Waals surface area contributed by atoms with Crippen molar-refractivity contribution in [3.63, 3.8) is 0 Å². The lowest BCUT2D eigenvalue weighted by molar-refractivity contribution is -0.113. The molecule has 1 aromatic carbocycles. The molecule has 1 amide bonds. The van der Waals surface area contributed by atoms with Crippen LogP contribution in [0.3, 0.4) is 0 Å². The van der Waals surface area contributed by atoms with Crippen molar-refractivity contribution in [2.45, 2.75) is 90.6 Å². The number of aromatic nitrogens is 3. The standard InChI is InChI=1S/C28H36N4O4S2/c1-6-32-23(15-35-20-13-11-19(12-14-20)17(2)3)30-31-28(32)37-16-24(33)29-26-25(27(34)36-18(4)5)21-9-7-8-10-22(21)38-26/h11-14,17-18H,6-10,15-16H2,1-5H3,(H,29,33). The summed E-state index contributed by atoms with van der Waals surface area (Å²) >= 11 is 2.81. The Morgan fingerprint density at radius 3 is 2.53 bits per heavy atom. The molecule has 4 rings (SSSR count). The molecule has 2 heterocycles. The molecule has 0 radical (unpaired) electrons. The first kappa shape index (κ1) is 28.2. The first-order valence-corrected chi connectivity index (χ1v) is 15.0. The number of hydrogen-bond acceptors (Lipinski definition) is 8.